The van der Waals surface area contributed by atoms with Gasteiger partial charge in [-0.1, -0.05) is 43.9 Å². The molecule has 6 rings (SSSR count). The van der Waals surface area contributed by atoms with Crippen LogP contribution in [0.5, 0.6) is 5.75 Å². The first kappa shape index (κ1) is 39.0. The number of aromatic amines is 1. The minimum atomic E-state index is -1.39. The Morgan fingerprint density at radius 3 is 2.50 bits per heavy atom. The highest BCUT2D eigenvalue weighted by molar-refractivity contribution is 9.10. The van der Waals surface area contributed by atoms with Crippen LogP contribution in [0.1, 0.15) is 101 Å². The predicted molar refractivity (Wildman–Crippen MR) is 213 cm³/mol. The summed E-state index contributed by atoms with van der Waals surface area (Å²) in [7, 11) is 1.58. The zero-order chi connectivity index (χ0) is 38.4. The number of hydrogen-bond acceptors (Lipinski definition) is 9. The number of methoxy groups -OCH3 is 1. The number of nitrogens with one attached hydrogen (secondary N) is 1. The summed E-state index contributed by atoms with van der Waals surface area (Å²) in [5.41, 5.74) is 10.6. The minimum absolute atomic E-state index is 0.184. The number of H-pyrrole nitrogens is 1. The highest BCUT2D eigenvalue weighted by Gasteiger charge is 2.31. The van der Waals surface area contributed by atoms with Gasteiger partial charge in [0.05, 0.1) is 35.7 Å². The molecule has 2 unspecified atom stereocenters. The second kappa shape index (κ2) is 17.6. The van der Waals surface area contributed by atoms with Crippen molar-refractivity contribution in [1.29, 1.82) is 0 Å². The molecule has 1 aliphatic rings. The molecule has 2 atom stereocenters. The van der Waals surface area contributed by atoms with Crippen LogP contribution in [-0.4, -0.2) is 52.3 Å². The van der Waals surface area contributed by atoms with Crippen LogP contribution in [0.25, 0.3) is 10.9 Å². The van der Waals surface area contributed by atoms with E-state index in [1.807, 2.05) is 18.2 Å². The summed E-state index contributed by atoms with van der Waals surface area (Å²) >= 11 is 9.64. The summed E-state index contributed by atoms with van der Waals surface area (Å²) in [5, 5.41) is 1.26. The van der Waals surface area contributed by atoms with E-state index in [-0.39, 0.29) is 17.9 Å². The molecular formula is C42H44BrClN4O6. The SMILES string of the molecule is CCN(Cc1cc(C(=O)OCc2cccc(C(OC(=O)C(C)c3c[nH]c4ccc(OC)cc34)C(=O)c3ccc(Cl)cc3)n2)cc(Br)c1N)C1CCCCC1. The van der Waals surface area contributed by atoms with Gasteiger partial charge in [-0.05, 0) is 120 Å². The monoisotopic (exact) mass is 814 g/mol. The molecule has 0 spiro atoms. The van der Waals surface area contributed by atoms with Crippen LogP contribution < -0.4 is 10.5 Å². The quantitative estimate of drug-likeness (QED) is 0.0638. The third-order valence-electron chi connectivity index (χ3n) is 10.1. The van der Waals surface area contributed by atoms with Crippen LogP contribution in [0.15, 0.2) is 83.5 Å². The van der Waals surface area contributed by atoms with Crippen LogP contribution in [0.2, 0.25) is 5.02 Å². The summed E-state index contributed by atoms with van der Waals surface area (Å²) in [6.07, 6.45) is 6.39. The van der Waals surface area contributed by atoms with Crippen LogP contribution in [-0.2, 0) is 27.4 Å². The molecule has 0 saturated heterocycles. The predicted octanol–water partition coefficient (Wildman–Crippen LogP) is 9.35. The molecular weight excluding hydrogens is 772 g/mol. The molecule has 0 aliphatic heterocycles. The average molecular weight is 816 g/mol. The molecule has 282 valence electrons. The van der Waals surface area contributed by atoms with E-state index in [9.17, 15) is 14.4 Å². The Labute approximate surface area is 328 Å². The minimum Gasteiger partial charge on any atom is -0.497 e. The summed E-state index contributed by atoms with van der Waals surface area (Å²) in [4.78, 5) is 51.4. The molecule has 3 N–H and O–H groups in total. The molecule has 1 aliphatic carbocycles. The molecule has 3 aromatic carbocycles. The molecule has 1 fully saturated rings. The highest BCUT2D eigenvalue weighted by atomic mass is 79.9. The second-order valence-corrected chi connectivity index (χ2v) is 14.9. The summed E-state index contributed by atoms with van der Waals surface area (Å²) in [6.45, 7) is 5.19. The van der Waals surface area contributed by atoms with Crippen molar-refractivity contribution in [3.05, 3.63) is 122 Å². The largest absolute Gasteiger partial charge is 0.497 e. The van der Waals surface area contributed by atoms with Gasteiger partial charge in [0.15, 0.2) is 0 Å². The molecule has 54 heavy (non-hydrogen) atoms. The van der Waals surface area contributed by atoms with Crippen LogP contribution in [0, 0.1) is 0 Å². The average Bonchev–Trinajstić information content (AvgIpc) is 3.62. The Kier molecular flexibility index (Phi) is 12.7. The lowest BCUT2D eigenvalue weighted by Crippen LogP contribution is -2.36. The van der Waals surface area contributed by atoms with Crippen molar-refractivity contribution in [2.24, 2.45) is 0 Å². The molecule has 5 aromatic rings. The van der Waals surface area contributed by atoms with Crippen molar-refractivity contribution in [2.75, 3.05) is 19.4 Å². The summed E-state index contributed by atoms with van der Waals surface area (Å²) in [5.74, 6) is -1.76. The molecule has 1 saturated carbocycles. The molecule has 0 radical (unpaired) electrons. The lowest BCUT2D eigenvalue weighted by molar-refractivity contribution is -0.148. The molecule has 12 heteroatoms. The number of anilines is 1. The van der Waals surface area contributed by atoms with Crippen molar-refractivity contribution < 1.29 is 28.6 Å². The lowest BCUT2D eigenvalue weighted by atomic mass is 9.93. The molecule has 10 nitrogen and oxygen atoms in total. The standard InChI is InChI=1S/C42H44BrClN4O6/c1-4-48(31-10-6-5-7-11-31)23-28-19-27(20-35(43)38(28)45)42(51)53-24-30-9-8-12-37(47-30)40(39(49)26-13-15-29(44)16-14-26)54-41(50)25(2)34-22-46-36-18-17-32(52-3)21-33(34)36/h8-9,12-22,25,31,40,46H,4-7,10-11,23-24,45H2,1-3H3. The number of nitrogens with zero attached hydrogens (tertiary/aromatic N) is 2. The third-order valence-corrected chi connectivity index (χ3v) is 11.0. The van der Waals surface area contributed by atoms with E-state index in [1.165, 1.54) is 19.3 Å². The van der Waals surface area contributed by atoms with Gasteiger partial charge in [0.1, 0.15) is 12.4 Å². The zero-order valence-corrected chi connectivity index (χ0v) is 32.9. The van der Waals surface area contributed by atoms with Gasteiger partial charge in [0.2, 0.25) is 11.9 Å². The number of pyridine rings is 1. The number of ether oxygens (including phenoxy) is 3. The maximum Gasteiger partial charge on any atom is 0.338 e. The van der Waals surface area contributed by atoms with Crippen molar-refractivity contribution >= 4 is 61.8 Å². The van der Waals surface area contributed by atoms with E-state index in [2.05, 4.69) is 37.7 Å². The van der Waals surface area contributed by atoms with Gasteiger partial charge in [0, 0.05) is 44.7 Å². The van der Waals surface area contributed by atoms with Gasteiger partial charge in [-0.3, -0.25) is 14.5 Å². The van der Waals surface area contributed by atoms with Crippen molar-refractivity contribution in [3.63, 3.8) is 0 Å². The Bertz CT molecular complexity index is 2130. The maximum atomic E-state index is 14.0. The first-order chi connectivity index (χ1) is 26.1. The second-order valence-electron chi connectivity index (χ2n) is 13.6. The number of esters is 2. The van der Waals surface area contributed by atoms with E-state index < -0.39 is 29.7 Å². The molecule has 2 aromatic heterocycles. The van der Waals surface area contributed by atoms with Crippen molar-refractivity contribution in [3.8, 4) is 5.75 Å². The Morgan fingerprint density at radius 1 is 1.02 bits per heavy atom. The van der Waals surface area contributed by atoms with Crippen LogP contribution >= 0.6 is 27.5 Å². The highest BCUT2D eigenvalue weighted by Crippen LogP contribution is 2.33. The maximum absolute atomic E-state index is 14.0. The Balaban J connectivity index is 1.21. The van der Waals surface area contributed by atoms with Crippen LogP contribution in [0.4, 0.5) is 5.69 Å². The van der Waals surface area contributed by atoms with E-state index in [4.69, 9.17) is 31.5 Å². The summed E-state index contributed by atoms with van der Waals surface area (Å²) in [6, 6.07) is 20.8. The van der Waals surface area contributed by atoms with Crippen molar-refractivity contribution in [1.82, 2.24) is 14.9 Å². The number of hydrogen-bond donors (Lipinski definition) is 2. The van der Waals surface area contributed by atoms with Gasteiger partial charge in [0.25, 0.3) is 0 Å². The molecule has 0 amide bonds. The Hall–Kier alpha value is -4.71. The van der Waals surface area contributed by atoms with E-state index in [1.54, 1.807) is 74.8 Å². The number of halogens is 2. The topological polar surface area (TPSA) is 137 Å². The number of fused-ring (bicyclic) bond motifs is 1. The fourth-order valence-electron chi connectivity index (χ4n) is 7.00. The van der Waals surface area contributed by atoms with Gasteiger partial charge >= 0.3 is 11.9 Å². The number of ketones is 1. The number of nitrogens with two attached hydrogens (primary N) is 1. The van der Waals surface area contributed by atoms with Gasteiger partial charge in [-0.25, -0.2) is 9.78 Å². The number of benzene rings is 3. The molecule has 2 heterocycles. The van der Waals surface area contributed by atoms with E-state index in [0.717, 1.165) is 35.9 Å². The number of carbonyl (C=O) groups is 3. The smallest absolute Gasteiger partial charge is 0.338 e. The Morgan fingerprint density at radius 2 is 1.78 bits per heavy atom. The normalized spacial score (nSPS) is 14.5. The first-order valence-electron chi connectivity index (χ1n) is 18.2. The molecule has 0 bridgehead atoms. The number of Topliss-reactive ketones (excluding diaryl/α,β-unsaturated/α-hetero) is 1. The van der Waals surface area contributed by atoms with Gasteiger partial charge in [-0.15, -0.1) is 0 Å². The van der Waals surface area contributed by atoms with Gasteiger partial charge in [-0.2, -0.15) is 0 Å². The lowest BCUT2D eigenvalue weighted by Gasteiger charge is -2.34. The van der Waals surface area contributed by atoms with E-state index >= 15 is 0 Å². The van der Waals surface area contributed by atoms with Gasteiger partial charge < -0.3 is 24.9 Å². The number of nitrogen functional groups attached to an aromatic ring is 1. The van der Waals surface area contributed by atoms with Crippen LogP contribution in [0.3, 0.4) is 0 Å². The fraction of sp³-hybridized carbons (Fsp3) is 0.333. The number of aromatic nitrogens is 2. The first-order valence-corrected chi connectivity index (χ1v) is 19.3. The van der Waals surface area contributed by atoms with E-state index in [0.29, 0.717) is 50.3 Å². The number of rotatable bonds is 14. The third kappa shape index (κ3) is 8.97. The zero-order valence-electron chi connectivity index (χ0n) is 30.6. The fourth-order valence-corrected chi connectivity index (χ4v) is 7.63. The number of carbonyl (C=O) groups excluding carboxylic acids is 3. The van der Waals surface area contributed by atoms with Crippen molar-refractivity contribution in [2.45, 2.75) is 77.2 Å². The summed E-state index contributed by atoms with van der Waals surface area (Å²) < 4.78 is 17.7.